The van der Waals surface area contributed by atoms with Crippen LogP contribution in [0.2, 0.25) is 5.02 Å². The smallest absolute Gasteiger partial charge is 0.407 e. The van der Waals surface area contributed by atoms with E-state index in [0.29, 0.717) is 24.5 Å². The zero-order valence-corrected chi connectivity index (χ0v) is 11.8. The quantitative estimate of drug-likeness (QED) is 0.879. The van der Waals surface area contributed by atoms with Gasteiger partial charge in [0.15, 0.2) is 0 Å². The first-order chi connectivity index (χ1) is 9.58. The minimum Gasteiger partial charge on any atom is -0.465 e. The first-order valence-corrected chi connectivity index (χ1v) is 6.73. The monoisotopic (exact) mass is 291 g/mol. The number of nitrogens with zero attached hydrogens (tertiary/aromatic N) is 3. The van der Waals surface area contributed by atoms with E-state index in [4.69, 9.17) is 16.7 Å². The summed E-state index contributed by atoms with van der Waals surface area (Å²) in [6.07, 6.45) is -0.226. The van der Waals surface area contributed by atoms with Crippen molar-refractivity contribution in [1.29, 1.82) is 0 Å². The molecule has 1 N–H and O–H groups in total. The molecule has 0 spiro atoms. The van der Waals surface area contributed by atoms with E-state index in [-0.39, 0.29) is 0 Å². The lowest BCUT2D eigenvalue weighted by Gasteiger charge is -2.23. The summed E-state index contributed by atoms with van der Waals surface area (Å²) in [4.78, 5) is 17.0. The molecule has 6 heteroatoms. The third-order valence-electron chi connectivity index (χ3n) is 3.64. The predicted octanol–water partition coefficient (Wildman–Crippen LogP) is 2.78. The number of hydrogen-bond donors (Lipinski definition) is 1. The maximum atomic E-state index is 11.1. The molecule has 0 saturated heterocycles. The van der Waals surface area contributed by atoms with E-state index in [0.717, 1.165) is 22.8 Å². The van der Waals surface area contributed by atoms with Crippen LogP contribution in [0.25, 0.3) is 11.4 Å². The highest BCUT2D eigenvalue weighted by atomic mass is 35.5. The molecule has 1 aromatic carbocycles. The van der Waals surface area contributed by atoms with E-state index in [9.17, 15) is 4.79 Å². The van der Waals surface area contributed by atoms with Crippen LogP contribution in [-0.4, -0.2) is 32.2 Å². The van der Waals surface area contributed by atoms with Crippen LogP contribution in [0.1, 0.15) is 11.4 Å². The standard InChI is InChI=1S/C14H14ClN3O2/c1-17-12-6-7-18(14(19)20)8-11(12)16-13(17)9-4-2-3-5-10(9)15/h2-5H,6-8H2,1H3,(H,19,20). The number of halogens is 1. The molecule has 0 bridgehead atoms. The number of carboxylic acid groups (broad SMARTS) is 1. The average Bonchev–Trinajstić information content (AvgIpc) is 2.76. The van der Waals surface area contributed by atoms with Gasteiger partial charge in [-0.25, -0.2) is 9.78 Å². The fourth-order valence-electron chi connectivity index (χ4n) is 2.57. The Morgan fingerprint density at radius 2 is 2.15 bits per heavy atom. The number of imidazole rings is 1. The molecule has 0 radical (unpaired) electrons. The number of aromatic nitrogens is 2. The molecular formula is C14H14ClN3O2. The number of rotatable bonds is 1. The summed E-state index contributed by atoms with van der Waals surface area (Å²) in [5.74, 6) is 0.785. The third-order valence-corrected chi connectivity index (χ3v) is 3.97. The molecule has 0 fully saturated rings. The molecule has 0 saturated carbocycles. The molecule has 104 valence electrons. The molecule has 5 nitrogen and oxygen atoms in total. The Morgan fingerprint density at radius 1 is 1.40 bits per heavy atom. The van der Waals surface area contributed by atoms with Crippen molar-refractivity contribution in [1.82, 2.24) is 14.5 Å². The molecule has 1 amide bonds. The van der Waals surface area contributed by atoms with Gasteiger partial charge >= 0.3 is 6.09 Å². The fraction of sp³-hybridized carbons (Fsp3) is 0.286. The van der Waals surface area contributed by atoms with Gasteiger partial charge in [-0.2, -0.15) is 0 Å². The Balaban J connectivity index is 2.05. The summed E-state index contributed by atoms with van der Waals surface area (Å²) < 4.78 is 2.01. The number of carbonyl (C=O) groups is 1. The number of benzene rings is 1. The van der Waals surface area contributed by atoms with Crippen LogP contribution in [0.3, 0.4) is 0 Å². The average molecular weight is 292 g/mol. The Kier molecular flexibility index (Phi) is 3.14. The lowest BCUT2D eigenvalue weighted by atomic mass is 10.1. The summed E-state index contributed by atoms with van der Waals surface area (Å²) in [5, 5.41) is 9.72. The van der Waals surface area contributed by atoms with Crippen molar-refractivity contribution >= 4 is 17.7 Å². The van der Waals surface area contributed by atoms with Gasteiger partial charge in [0.2, 0.25) is 0 Å². The predicted molar refractivity (Wildman–Crippen MR) is 75.8 cm³/mol. The highest BCUT2D eigenvalue weighted by Gasteiger charge is 2.26. The van der Waals surface area contributed by atoms with E-state index in [2.05, 4.69) is 4.98 Å². The molecule has 1 aliphatic rings. The van der Waals surface area contributed by atoms with Crippen LogP contribution in [0.4, 0.5) is 4.79 Å². The highest BCUT2D eigenvalue weighted by molar-refractivity contribution is 6.33. The van der Waals surface area contributed by atoms with Crippen molar-refractivity contribution in [3.63, 3.8) is 0 Å². The van der Waals surface area contributed by atoms with Gasteiger partial charge in [0.25, 0.3) is 0 Å². The van der Waals surface area contributed by atoms with Gasteiger partial charge in [-0.3, -0.25) is 0 Å². The highest BCUT2D eigenvalue weighted by Crippen LogP contribution is 2.30. The largest absolute Gasteiger partial charge is 0.465 e. The molecule has 0 unspecified atom stereocenters. The fourth-order valence-corrected chi connectivity index (χ4v) is 2.80. The second-order valence-corrected chi connectivity index (χ2v) is 5.23. The Labute approximate surface area is 121 Å². The molecule has 1 aromatic heterocycles. The van der Waals surface area contributed by atoms with Crippen molar-refractivity contribution in [3.05, 3.63) is 40.7 Å². The van der Waals surface area contributed by atoms with Crippen molar-refractivity contribution < 1.29 is 9.90 Å². The van der Waals surface area contributed by atoms with Gasteiger partial charge in [0, 0.05) is 31.3 Å². The van der Waals surface area contributed by atoms with Gasteiger partial charge in [-0.15, -0.1) is 0 Å². The van der Waals surface area contributed by atoms with Crippen molar-refractivity contribution in [2.75, 3.05) is 6.54 Å². The summed E-state index contributed by atoms with van der Waals surface area (Å²) in [7, 11) is 1.95. The summed E-state index contributed by atoms with van der Waals surface area (Å²) in [6, 6.07) is 7.54. The summed E-state index contributed by atoms with van der Waals surface area (Å²) >= 11 is 6.22. The molecule has 2 aromatic rings. The van der Waals surface area contributed by atoms with Gasteiger partial charge in [-0.05, 0) is 12.1 Å². The molecule has 3 rings (SSSR count). The first kappa shape index (κ1) is 13.0. The maximum Gasteiger partial charge on any atom is 0.407 e. The van der Waals surface area contributed by atoms with Crippen molar-refractivity contribution in [3.8, 4) is 11.4 Å². The number of amides is 1. The molecule has 2 heterocycles. The van der Waals surface area contributed by atoms with Crippen LogP contribution in [-0.2, 0) is 20.0 Å². The van der Waals surface area contributed by atoms with E-state index in [1.807, 2.05) is 35.9 Å². The number of hydrogen-bond acceptors (Lipinski definition) is 2. The van der Waals surface area contributed by atoms with Crippen LogP contribution in [0.15, 0.2) is 24.3 Å². The molecular weight excluding hydrogens is 278 g/mol. The Bertz CT molecular complexity index is 681. The van der Waals surface area contributed by atoms with Crippen LogP contribution in [0.5, 0.6) is 0 Å². The van der Waals surface area contributed by atoms with Crippen molar-refractivity contribution in [2.45, 2.75) is 13.0 Å². The minimum atomic E-state index is -0.902. The van der Waals surface area contributed by atoms with Gasteiger partial charge in [0.1, 0.15) is 5.82 Å². The summed E-state index contributed by atoms with van der Waals surface area (Å²) in [6.45, 7) is 0.840. The summed E-state index contributed by atoms with van der Waals surface area (Å²) in [5.41, 5.74) is 2.77. The first-order valence-electron chi connectivity index (χ1n) is 6.35. The van der Waals surface area contributed by atoms with Crippen molar-refractivity contribution in [2.24, 2.45) is 7.05 Å². The molecule has 0 atom stereocenters. The molecule has 1 aliphatic heterocycles. The second kappa shape index (κ2) is 4.83. The third kappa shape index (κ3) is 2.04. The van der Waals surface area contributed by atoms with Crippen LogP contribution in [0, 0.1) is 0 Å². The normalized spacial score (nSPS) is 14.2. The Hall–Kier alpha value is -2.01. The van der Waals surface area contributed by atoms with Gasteiger partial charge in [0.05, 0.1) is 17.3 Å². The maximum absolute atomic E-state index is 11.1. The lowest BCUT2D eigenvalue weighted by molar-refractivity contribution is 0.139. The van der Waals surface area contributed by atoms with E-state index in [1.165, 1.54) is 4.90 Å². The molecule has 0 aliphatic carbocycles. The lowest BCUT2D eigenvalue weighted by Crippen LogP contribution is -2.35. The zero-order valence-electron chi connectivity index (χ0n) is 11.0. The Morgan fingerprint density at radius 3 is 2.85 bits per heavy atom. The number of fused-ring (bicyclic) bond motifs is 1. The zero-order chi connectivity index (χ0) is 14.3. The van der Waals surface area contributed by atoms with E-state index < -0.39 is 6.09 Å². The topological polar surface area (TPSA) is 58.4 Å². The van der Waals surface area contributed by atoms with Gasteiger partial charge < -0.3 is 14.6 Å². The second-order valence-electron chi connectivity index (χ2n) is 4.82. The van der Waals surface area contributed by atoms with E-state index >= 15 is 0 Å². The van der Waals surface area contributed by atoms with Crippen LogP contribution >= 0.6 is 11.6 Å². The van der Waals surface area contributed by atoms with Crippen LogP contribution < -0.4 is 0 Å². The molecule has 20 heavy (non-hydrogen) atoms. The van der Waals surface area contributed by atoms with Gasteiger partial charge in [-0.1, -0.05) is 23.7 Å². The van der Waals surface area contributed by atoms with E-state index in [1.54, 1.807) is 0 Å². The SMILES string of the molecule is Cn1c(-c2ccccc2Cl)nc2c1CCN(C(=O)O)C2. The minimum absolute atomic E-state index is 0.336.